The van der Waals surface area contributed by atoms with Gasteiger partial charge in [0.15, 0.2) is 0 Å². The zero-order valence-corrected chi connectivity index (χ0v) is 25.6. The highest BCUT2D eigenvalue weighted by Gasteiger charge is 1.97. The molecule has 3 aliphatic rings. The Hall–Kier alpha value is -0.120. The lowest BCUT2D eigenvalue weighted by Crippen LogP contribution is -1.85. The Balaban J connectivity index is -0.000000410. The van der Waals surface area contributed by atoms with Crippen LogP contribution in [0.25, 0.3) is 0 Å². The molecule has 222 valence electrons. The van der Waals surface area contributed by atoms with Crippen LogP contribution in [0, 0.1) is 0 Å². The maximum Gasteiger partial charge on any atom is 0.0319 e. The van der Waals surface area contributed by atoms with Crippen molar-refractivity contribution >= 4 is 0 Å². The Bertz CT molecular complexity index is 162. The topological polar surface area (TPSA) is 60.7 Å². The van der Waals surface area contributed by atoms with Gasteiger partial charge in [-0.05, 0) is 0 Å². The molecule has 0 bridgehead atoms. The first-order valence-electron chi connectivity index (χ1n) is 16.3. The van der Waals surface area contributed by atoms with Crippen LogP contribution in [0.4, 0.5) is 0 Å². The summed E-state index contributed by atoms with van der Waals surface area (Å²) >= 11 is 0. The highest BCUT2D eigenvalue weighted by molar-refractivity contribution is 4.53. The van der Waals surface area contributed by atoms with Gasteiger partial charge in [0, 0.05) is 21.3 Å². The Kier molecular flexibility index (Phi) is 50.3. The molecule has 0 radical (unpaired) electrons. The fraction of sp³-hybridized carbons (Fsp3) is 1.00. The van der Waals surface area contributed by atoms with Crippen molar-refractivity contribution in [2.24, 2.45) is 0 Å². The largest absolute Gasteiger partial charge is 0.400 e. The number of hydrogen-bond acceptors (Lipinski definition) is 3. The van der Waals surface area contributed by atoms with E-state index in [-0.39, 0.29) is 0 Å². The summed E-state index contributed by atoms with van der Waals surface area (Å²) < 4.78 is 0. The van der Waals surface area contributed by atoms with E-state index < -0.39 is 0 Å². The van der Waals surface area contributed by atoms with E-state index in [1.54, 1.807) is 0 Å². The summed E-state index contributed by atoms with van der Waals surface area (Å²) in [6, 6.07) is 0. The van der Waals surface area contributed by atoms with Crippen LogP contribution in [0.5, 0.6) is 0 Å². The summed E-state index contributed by atoms with van der Waals surface area (Å²) in [5, 5.41) is 21.0. The quantitative estimate of drug-likeness (QED) is 0.300. The number of aliphatic hydroxyl groups excluding tert-OH is 3. The first-order valence-corrected chi connectivity index (χ1v) is 16.3. The van der Waals surface area contributed by atoms with Crippen LogP contribution in [0.2, 0.25) is 0 Å². The average Bonchev–Trinajstić information content (AvgIpc) is 2.98. The minimum Gasteiger partial charge on any atom is -0.400 e. The van der Waals surface area contributed by atoms with Gasteiger partial charge in [0.05, 0.1) is 0 Å². The van der Waals surface area contributed by atoms with Gasteiger partial charge in [0.2, 0.25) is 0 Å². The van der Waals surface area contributed by atoms with Crippen molar-refractivity contribution in [3.63, 3.8) is 0 Å². The molecule has 0 aromatic heterocycles. The summed E-state index contributed by atoms with van der Waals surface area (Å²) in [6.45, 7) is 0. The van der Waals surface area contributed by atoms with E-state index in [0.29, 0.717) is 0 Å². The van der Waals surface area contributed by atoms with Gasteiger partial charge in [-0.1, -0.05) is 193 Å². The van der Waals surface area contributed by atoms with Crippen molar-refractivity contribution in [2.45, 2.75) is 193 Å². The predicted molar refractivity (Wildman–Crippen MR) is 163 cm³/mol. The van der Waals surface area contributed by atoms with Gasteiger partial charge in [-0.15, -0.1) is 0 Å². The third-order valence-corrected chi connectivity index (χ3v) is 7.50. The molecule has 0 aromatic rings. The van der Waals surface area contributed by atoms with E-state index in [1.165, 1.54) is 193 Å². The molecule has 3 rings (SSSR count). The van der Waals surface area contributed by atoms with Crippen LogP contribution < -0.4 is 0 Å². The Morgan fingerprint density at radius 2 is 0.167 bits per heavy atom. The molecule has 3 heteroatoms. The maximum atomic E-state index is 7.00. The molecule has 0 heterocycles. The third kappa shape index (κ3) is 41.0. The van der Waals surface area contributed by atoms with E-state index in [1.807, 2.05) is 0 Å². The standard InChI is InChI=1S/3C10H20.3CH4O/c3*1-2-4-6-8-10-9-7-5-3-1;3*1-2/h3*1-10H2;3*2H,1H3. The van der Waals surface area contributed by atoms with Crippen molar-refractivity contribution in [3.05, 3.63) is 0 Å². The summed E-state index contributed by atoms with van der Waals surface area (Å²) in [7, 11) is 3.00. The lowest BCUT2D eigenvalue weighted by molar-refractivity contribution is 0.399. The van der Waals surface area contributed by atoms with Gasteiger partial charge >= 0.3 is 0 Å². The smallest absolute Gasteiger partial charge is 0.0319 e. The summed E-state index contributed by atoms with van der Waals surface area (Å²) in [5.41, 5.74) is 0. The van der Waals surface area contributed by atoms with Crippen molar-refractivity contribution < 1.29 is 15.3 Å². The van der Waals surface area contributed by atoms with E-state index in [0.717, 1.165) is 21.3 Å². The van der Waals surface area contributed by atoms with Crippen molar-refractivity contribution in [1.82, 2.24) is 0 Å². The van der Waals surface area contributed by atoms with Gasteiger partial charge in [-0.2, -0.15) is 0 Å². The van der Waals surface area contributed by atoms with Crippen LogP contribution >= 0.6 is 0 Å². The van der Waals surface area contributed by atoms with Crippen LogP contribution in [-0.2, 0) is 0 Å². The van der Waals surface area contributed by atoms with Crippen molar-refractivity contribution in [3.8, 4) is 0 Å². The van der Waals surface area contributed by atoms with E-state index >= 15 is 0 Å². The van der Waals surface area contributed by atoms with Crippen molar-refractivity contribution in [2.75, 3.05) is 21.3 Å². The molecule has 3 aliphatic carbocycles. The van der Waals surface area contributed by atoms with Gasteiger partial charge in [-0.3, -0.25) is 0 Å². The van der Waals surface area contributed by atoms with E-state index in [4.69, 9.17) is 15.3 Å². The molecule has 0 spiro atoms. The fourth-order valence-corrected chi connectivity index (χ4v) is 5.30. The molecule has 3 nitrogen and oxygen atoms in total. The average molecular weight is 517 g/mol. The second-order valence-electron chi connectivity index (χ2n) is 10.6. The van der Waals surface area contributed by atoms with Crippen LogP contribution in [0.15, 0.2) is 0 Å². The summed E-state index contributed by atoms with van der Waals surface area (Å²) in [4.78, 5) is 0. The normalized spacial score (nSPS) is 20.5. The molecule has 0 unspecified atom stereocenters. The second-order valence-corrected chi connectivity index (χ2v) is 10.6. The van der Waals surface area contributed by atoms with Crippen molar-refractivity contribution in [1.29, 1.82) is 0 Å². The predicted octanol–water partition coefficient (Wildman–Crippen LogP) is 10.5. The zero-order chi connectivity index (χ0) is 27.2. The zero-order valence-electron chi connectivity index (χ0n) is 25.6. The summed E-state index contributed by atoms with van der Waals surface area (Å²) in [5.74, 6) is 0. The van der Waals surface area contributed by atoms with Gasteiger partial charge < -0.3 is 15.3 Å². The highest BCUT2D eigenvalue weighted by atomic mass is 16.2. The van der Waals surface area contributed by atoms with E-state index in [2.05, 4.69) is 0 Å². The monoisotopic (exact) mass is 517 g/mol. The van der Waals surface area contributed by atoms with E-state index in [9.17, 15) is 0 Å². The maximum absolute atomic E-state index is 7.00. The Morgan fingerprint density at radius 3 is 0.194 bits per heavy atom. The molecular formula is C33H72O3. The van der Waals surface area contributed by atoms with Crippen LogP contribution in [0.3, 0.4) is 0 Å². The SMILES string of the molecule is C1CCCCCCCCC1.C1CCCCCCCCC1.C1CCCCCCCCC1.CO.CO.CO. The molecule has 0 aromatic carbocycles. The number of rotatable bonds is 0. The second kappa shape index (κ2) is 44.8. The molecule has 0 aliphatic heterocycles. The highest BCUT2D eigenvalue weighted by Crippen LogP contribution is 2.17. The summed E-state index contributed by atoms with van der Waals surface area (Å²) in [6.07, 6.45) is 45.0. The number of hydrogen-bond donors (Lipinski definition) is 3. The van der Waals surface area contributed by atoms with Gasteiger partial charge in [0.25, 0.3) is 0 Å². The van der Waals surface area contributed by atoms with Gasteiger partial charge in [-0.25, -0.2) is 0 Å². The minimum absolute atomic E-state index is 1.00. The molecule has 36 heavy (non-hydrogen) atoms. The minimum atomic E-state index is 1.00. The first-order chi connectivity index (χ1) is 18.0. The Labute approximate surface area is 229 Å². The number of aliphatic hydroxyl groups is 3. The molecule has 3 saturated carbocycles. The molecule has 0 atom stereocenters. The third-order valence-electron chi connectivity index (χ3n) is 7.50. The molecule has 3 N–H and O–H groups in total. The molecule has 0 saturated heterocycles. The lowest BCUT2D eigenvalue weighted by atomic mass is 10.0. The lowest BCUT2D eigenvalue weighted by Gasteiger charge is -2.05. The molecular weight excluding hydrogens is 444 g/mol. The molecule has 3 fully saturated rings. The molecule has 0 amide bonds. The fourth-order valence-electron chi connectivity index (χ4n) is 5.30. The Morgan fingerprint density at radius 1 is 0.139 bits per heavy atom. The first kappa shape index (κ1) is 40.4. The van der Waals surface area contributed by atoms with Crippen LogP contribution in [-0.4, -0.2) is 36.6 Å². The van der Waals surface area contributed by atoms with Crippen LogP contribution in [0.1, 0.15) is 193 Å². The van der Waals surface area contributed by atoms with Gasteiger partial charge in [0.1, 0.15) is 0 Å².